The number of rotatable bonds is 6. The molecule has 1 amide bonds. The largest absolute Gasteiger partial charge is 0.349 e. The summed E-state index contributed by atoms with van der Waals surface area (Å²) in [6.45, 7) is 6.54. The first-order valence-electron chi connectivity index (χ1n) is 6.49. The maximum Gasteiger partial charge on any atom is 0.251 e. The Morgan fingerprint density at radius 1 is 1.24 bits per heavy atom. The third-order valence-electron chi connectivity index (χ3n) is 2.76. The van der Waals surface area contributed by atoms with Crippen molar-refractivity contribution in [1.29, 1.82) is 0 Å². The van der Waals surface area contributed by atoms with Crippen molar-refractivity contribution in [2.24, 2.45) is 5.92 Å². The molecule has 0 radical (unpaired) electrons. The lowest BCUT2D eigenvalue weighted by molar-refractivity contribution is 0.0930. The fourth-order valence-electron chi connectivity index (χ4n) is 2.02. The minimum Gasteiger partial charge on any atom is -0.349 e. The van der Waals surface area contributed by atoms with Gasteiger partial charge in [-0.2, -0.15) is 0 Å². The monoisotopic (exact) mass is 233 g/mol. The topological polar surface area (TPSA) is 29.1 Å². The highest BCUT2D eigenvalue weighted by Crippen LogP contribution is 2.10. The molecule has 0 saturated carbocycles. The summed E-state index contributed by atoms with van der Waals surface area (Å²) >= 11 is 0. The molecule has 0 heterocycles. The number of nitrogens with one attached hydrogen (secondary N) is 1. The number of hydrogen-bond acceptors (Lipinski definition) is 1. The zero-order valence-electron chi connectivity index (χ0n) is 11.1. The molecule has 1 N–H and O–H groups in total. The van der Waals surface area contributed by atoms with Gasteiger partial charge in [-0.15, -0.1) is 0 Å². The van der Waals surface area contributed by atoms with Gasteiger partial charge in [-0.05, 0) is 30.9 Å². The van der Waals surface area contributed by atoms with Gasteiger partial charge in [0.1, 0.15) is 0 Å². The summed E-state index contributed by atoms with van der Waals surface area (Å²) in [6.07, 6.45) is 3.20. The molecule has 1 unspecified atom stereocenters. The first-order chi connectivity index (χ1) is 8.13. The van der Waals surface area contributed by atoms with Gasteiger partial charge in [0.2, 0.25) is 0 Å². The molecular formula is C15H23NO. The van der Waals surface area contributed by atoms with E-state index in [1.54, 1.807) is 0 Å². The summed E-state index contributed by atoms with van der Waals surface area (Å²) in [5.41, 5.74) is 0.748. The lowest BCUT2D eigenvalue weighted by Crippen LogP contribution is -2.35. The van der Waals surface area contributed by atoms with E-state index in [1.165, 1.54) is 0 Å². The molecule has 1 atom stereocenters. The van der Waals surface area contributed by atoms with Crippen LogP contribution in [0.25, 0.3) is 0 Å². The second-order valence-electron chi connectivity index (χ2n) is 4.95. The predicted octanol–water partition coefficient (Wildman–Crippen LogP) is 3.63. The van der Waals surface area contributed by atoms with Gasteiger partial charge in [-0.3, -0.25) is 4.79 Å². The zero-order valence-corrected chi connectivity index (χ0v) is 11.1. The Labute approximate surface area is 104 Å². The van der Waals surface area contributed by atoms with Gasteiger partial charge in [0.25, 0.3) is 5.91 Å². The van der Waals surface area contributed by atoms with Crippen molar-refractivity contribution in [2.45, 2.75) is 46.1 Å². The predicted molar refractivity (Wildman–Crippen MR) is 72.1 cm³/mol. The molecule has 0 bridgehead atoms. The molecule has 1 aromatic carbocycles. The van der Waals surface area contributed by atoms with Crippen LogP contribution in [0, 0.1) is 5.92 Å². The van der Waals surface area contributed by atoms with Crippen LogP contribution in [0.1, 0.15) is 50.4 Å². The van der Waals surface area contributed by atoms with E-state index in [0.29, 0.717) is 12.0 Å². The molecule has 0 spiro atoms. The summed E-state index contributed by atoms with van der Waals surface area (Å²) in [4.78, 5) is 12.0. The van der Waals surface area contributed by atoms with Crippen molar-refractivity contribution in [3.63, 3.8) is 0 Å². The van der Waals surface area contributed by atoms with E-state index >= 15 is 0 Å². The van der Waals surface area contributed by atoms with Gasteiger partial charge >= 0.3 is 0 Å². The summed E-state index contributed by atoms with van der Waals surface area (Å²) in [6, 6.07) is 9.72. The Morgan fingerprint density at radius 3 is 2.41 bits per heavy atom. The van der Waals surface area contributed by atoms with Gasteiger partial charge in [-0.1, -0.05) is 45.4 Å². The van der Waals surface area contributed by atoms with Gasteiger partial charge in [0.05, 0.1) is 0 Å². The van der Waals surface area contributed by atoms with E-state index in [-0.39, 0.29) is 5.91 Å². The molecule has 17 heavy (non-hydrogen) atoms. The van der Waals surface area contributed by atoms with Crippen LogP contribution in [0.4, 0.5) is 0 Å². The highest BCUT2D eigenvalue weighted by molar-refractivity contribution is 5.94. The Kier molecular flexibility index (Phi) is 5.75. The van der Waals surface area contributed by atoms with Crippen LogP contribution in [-0.2, 0) is 0 Å². The highest BCUT2D eigenvalue weighted by Gasteiger charge is 2.13. The number of benzene rings is 1. The van der Waals surface area contributed by atoms with E-state index in [2.05, 4.69) is 26.1 Å². The maximum atomic E-state index is 12.0. The van der Waals surface area contributed by atoms with Crippen LogP contribution in [0.3, 0.4) is 0 Å². The van der Waals surface area contributed by atoms with Crippen LogP contribution >= 0.6 is 0 Å². The van der Waals surface area contributed by atoms with Crippen molar-refractivity contribution in [3.05, 3.63) is 35.9 Å². The van der Waals surface area contributed by atoms with Gasteiger partial charge in [-0.25, -0.2) is 0 Å². The van der Waals surface area contributed by atoms with Crippen molar-refractivity contribution in [1.82, 2.24) is 5.32 Å². The maximum absolute atomic E-state index is 12.0. The molecule has 94 valence electrons. The molecule has 2 nitrogen and oxygen atoms in total. The second-order valence-corrected chi connectivity index (χ2v) is 4.95. The molecule has 0 saturated heterocycles. The van der Waals surface area contributed by atoms with Crippen LogP contribution in [0.5, 0.6) is 0 Å². The molecule has 0 aliphatic rings. The van der Waals surface area contributed by atoms with Crippen molar-refractivity contribution in [3.8, 4) is 0 Å². The molecule has 0 aromatic heterocycles. The number of carbonyl (C=O) groups is 1. The standard InChI is InChI=1S/C15H23NO/c1-4-8-14(11-12(2)3)16-15(17)13-9-6-5-7-10-13/h5-7,9-10,12,14H,4,8,11H2,1-3H3,(H,16,17). The van der Waals surface area contributed by atoms with Crippen LogP contribution in [0.2, 0.25) is 0 Å². The van der Waals surface area contributed by atoms with E-state index in [4.69, 9.17) is 0 Å². The van der Waals surface area contributed by atoms with Crippen molar-refractivity contribution < 1.29 is 4.79 Å². The molecular weight excluding hydrogens is 210 g/mol. The normalized spacial score (nSPS) is 12.5. The summed E-state index contributed by atoms with van der Waals surface area (Å²) in [5.74, 6) is 0.660. The van der Waals surface area contributed by atoms with Crippen molar-refractivity contribution >= 4 is 5.91 Å². The van der Waals surface area contributed by atoms with E-state index < -0.39 is 0 Å². The number of carbonyl (C=O) groups excluding carboxylic acids is 1. The molecule has 1 aromatic rings. The molecule has 0 aliphatic heterocycles. The lowest BCUT2D eigenvalue weighted by Gasteiger charge is -2.20. The van der Waals surface area contributed by atoms with Gasteiger partial charge < -0.3 is 5.32 Å². The summed E-state index contributed by atoms with van der Waals surface area (Å²) in [5, 5.41) is 3.13. The smallest absolute Gasteiger partial charge is 0.251 e. The number of amides is 1. The fraction of sp³-hybridized carbons (Fsp3) is 0.533. The minimum absolute atomic E-state index is 0.0460. The average Bonchev–Trinajstić information content (AvgIpc) is 2.29. The van der Waals surface area contributed by atoms with E-state index in [0.717, 1.165) is 24.8 Å². The third kappa shape index (κ3) is 5.03. The Morgan fingerprint density at radius 2 is 1.88 bits per heavy atom. The minimum atomic E-state index is 0.0460. The molecule has 0 fully saturated rings. The van der Waals surface area contributed by atoms with E-state index in [9.17, 15) is 4.79 Å². The Hall–Kier alpha value is -1.31. The SMILES string of the molecule is CCCC(CC(C)C)NC(=O)c1ccccc1. The molecule has 1 rings (SSSR count). The van der Waals surface area contributed by atoms with Crippen LogP contribution in [0.15, 0.2) is 30.3 Å². The second kappa shape index (κ2) is 7.10. The zero-order chi connectivity index (χ0) is 12.7. The fourth-order valence-corrected chi connectivity index (χ4v) is 2.02. The number of hydrogen-bond donors (Lipinski definition) is 1. The van der Waals surface area contributed by atoms with Gasteiger partial charge in [0, 0.05) is 11.6 Å². The third-order valence-corrected chi connectivity index (χ3v) is 2.76. The average molecular weight is 233 g/mol. The quantitative estimate of drug-likeness (QED) is 0.798. The first-order valence-corrected chi connectivity index (χ1v) is 6.49. The van der Waals surface area contributed by atoms with Crippen molar-refractivity contribution in [2.75, 3.05) is 0 Å². The Bertz CT molecular complexity index is 332. The highest BCUT2D eigenvalue weighted by atomic mass is 16.1. The molecule has 2 heteroatoms. The van der Waals surface area contributed by atoms with E-state index in [1.807, 2.05) is 30.3 Å². The summed E-state index contributed by atoms with van der Waals surface area (Å²) < 4.78 is 0. The van der Waals surface area contributed by atoms with Crippen LogP contribution in [-0.4, -0.2) is 11.9 Å². The first kappa shape index (κ1) is 13.8. The Balaban J connectivity index is 2.57. The lowest BCUT2D eigenvalue weighted by atomic mass is 9.99. The molecule has 0 aliphatic carbocycles. The summed E-state index contributed by atoms with van der Waals surface area (Å²) in [7, 11) is 0. The van der Waals surface area contributed by atoms with Gasteiger partial charge in [0.15, 0.2) is 0 Å². The van der Waals surface area contributed by atoms with Crippen LogP contribution < -0.4 is 5.32 Å².